The van der Waals surface area contributed by atoms with Crippen molar-refractivity contribution in [1.29, 1.82) is 0 Å². The number of likely N-dealkylation sites (tertiary alicyclic amines) is 1. The molecule has 2 rings (SSSR count). The molecule has 0 aromatic heterocycles. The lowest BCUT2D eigenvalue weighted by molar-refractivity contribution is -0.156. The molecule has 0 unspecified atom stereocenters. The highest BCUT2D eigenvalue weighted by atomic mass is 16.5. The number of benzene rings is 1. The summed E-state index contributed by atoms with van der Waals surface area (Å²) in [7, 11) is 0. The maximum atomic E-state index is 12.2. The summed E-state index contributed by atoms with van der Waals surface area (Å²) in [6, 6.07) is 8.75. The summed E-state index contributed by atoms with van der Waals surface area (Å²) < 4.78 is 5.29. The molecule has 5 heteroatoms. The van der Waals surface area contributed by atoms with Crippen LogP contribution in [0.2, 0.25) is 0 Å². The first-order chi connectivity index (χ1) is 10.6. The molecule has 0 saturated carbocycles. The number of carbonyl (C=O) groups is 3. The van der Waals surface area contributed by atoms with E-state index in [1.54, 1.807) is 0 Å². The summed E-state index contributed by atoms with van der Waals surface area (Å²) >= 11 is 0. The van der Waals surface area contributed by atoms with E-state index >= 15 is 0 Å². The van der Waals surface area contributed by atoms with Crippen LogP contribution in [0.25, 0.3) is 0 Å². The van der Waals surface area contributed by atoms with Gasteiger partial charge in [0, 0.05) is 13.0 Å². The minimum atomic E-state index is -0.628. The monoisotopic (exact) mass is 303 g/mol. The number of amides is 1. The van der Waals surface area contributed by atoms with Gasteiger partial charge in [-0.3, -0.25) is 9.59 Å². The van der Waals surface area contributed by atoms with E-state index in [-0.39, 0.29) is 13.0 Å². The van der Waals surface area contributed by atoms with Crippen LogP contribution in [-0.2, 0) is 25.7 Å². The maximum absolute atomic E-state index is 12.2. The van der Waals surface area contributed by atoms with Gasteiger partial charge in [-0.05, 0) is 24.8 Å². The fourth-order valence-corrected chi connectivity index (χ4v) is 2.57. The van der Waals surface area contributed by atoms with Gasteiger partial charge in [0.2, 0.25) is 5.78 Å². The molecule has 1 heterocycles. The Bertz CT molecular complexity index is 541. The third-order valence-corrected chi connectivity index (χ3v) is 3.73. The number of carbonyl (C=O) groups excluding carboxylic acids is 3. The van der Waals surface area contributed by atoms with E-state index in [4.69, 9.17) is 4.74 Å². The Kier molecular flexibility index (Phi) is 5.69. The molecule has 1 amide bonds. The Morgan fingerprint density at radius 1 is 1.23 bits per heavy atom. The molecular weight excluding hydrogens is 282 g/mol. The molecule has 0 radical (unpaired) electrons. The van der Waals surface area contributed by atoms with Crippen molar-refractivity contribution in [2.24, 2.45) is 0 Å². The largest absolute Gasteiger partial charge is 0.459 e. The summed E-state index contributed by atoms with van der Waals surface area (Å²) in [5.41, 5.74) is 0.897. The average molecular weight is 303 g/mol. The Labute approximate surface area is 130 Å². The number of hydrogen-bond acceptors (Lipinski definition) is 4. The van der Waals surface area contributed by atoms with Gasteiger partial charge in [0.05, 0.1) is 0 Å². The topological polar surface area (TPSA) is 63.7 Å². The molecule has 1 saturated heterocycles. The second-order valence-corrected chi connectivity index (χ2v) is 5.42. The van der Waals surface area contributed by atoms with E-state index < -0.39 is 23.7 Å². The predicted molar refractivity (Wildman–Crippen MR) is 80.9 cm³/mol. The molecule has 0 bridgehead atoms. The molecule has 22 heavy (non-hydrogen) atoms. The van der Waals surface area contributed by atoms with Crippen molar-refractivity contribution in [3.8, 4) is 0 Å². The lowest BCUT2D eigenvalue weighted by Gasteiger charge is -2.22. The van der Waals surface area contributed by atoms with Crippen LogP contribution in [0.15, 0.2) is 30.3 Å². The summed E-state index contributed by atoms with van der Waals surface area (Å²) in [4.78, 5) is 37.4. The van der Waals surface area contributed by atoms with Crippen LogP contribution in [0.3, 0.4) is 0 Å². The molecule has 1 aromatic carbocycles. The zero-order chi connectivity index (χ0) is 15.9. The molecule has 0 aliphatic carbocycles. The smallest absolute Gasteiger partial charge is 0.329 e. The number of Topliss-reactive ketones (excluding diaryl/α,β-unsaturated/α-hetero) is 1. The molecule has 1 aromatic rings. The van der Waals surface area contributed by atoms with Gasteiger partial charge in [-0.25, -0.2) is 4.79 Å². The standard InChI is InChI=1S/C17H21NO4/c1-2-7-15(19)16(20)18-11-6-10-14(18)17(21)22-12-13-8-4-3-5-9-13/h3-5,8-9,14H,2,6-7,10-12H2,1H3/t14-/m0/s1. The van der Waals surface area contributed by atoms with Crippen LogP contribution in [0, 0.1) is 0 Å². The van der Waals surface area contributed by atoms with Crippen LogP contribution in [0.1, 0.15) is 38.2 Å². The Morgan fingerprint density at radius 3 is 2.64 bits per heavy atom. The lowest BCUT2D eigenvalue weighted by Crippen LogP contribution is -2.44. The van der Waals surface area contributed by atoms with E-state index in [1.807, 2.05) is 37.3 Å². The number of hydrogen-bond donors (Lipinski definition) is 0. The van der Waals surface area contributed by atoms with Crippen molar-refractivity contribution in [3.63, 3.8) is 0 Å². The summed E-state index contributed by atoms with van der Waals surface area (Å²) in [6.45, 7) is 2.47. The van der Waals surface area contributed by atoms with Gasteiger partial charge in [-0.1, -0.05) is 37.3 Å². The number of esters is 1. The number of ketones is 1. The molecule has 1 aliphatic rings. The van der Waals surface area contributed by atoms with E-state index in [0.717, 1.165) is 12.0 Å². The highest BCUT2D eigenvalue weighted by Gasteiger charge is 2.37. The van der Waals surface area contributed by atoms with Gasteiger partial charge in [0.15, 0.2) is 0 Å². The van der Waals surface area contributed by atoms with Crippen LogP contribution in [0.4, 0.5) is 0 Å². The van der Waals surface area contributed by atoms with Gasteiger partial charge in [-0.15, -0.1) is 0 Å². The number of ether oxygens (including phenoxy) is 1. The van der Waals surface area contributed by atoms with Crippen molar-refractivity contribution in [1.82, 2.24) is 4.90 Å². The predicted octanol–water partition coefficient (Wildman–Crippen LogP) is 2.09. The highest BCUT2D eigenvalue weighted by molar-refractivity contribution is 6.36. The van der Waals surface area contributed by atoms with E-state index in [2.05, 4.69) is 0 Å². The van der Waals surface area contributed by atoms with E-state index in [9.17, 15) is 14.4 Å². The van der Waals surface area contributed by atoms with Crippen molar-refractivity contribution in [2.75, 3.05) is 6.54 Å². The van der Waals surface area contributed by atoms with Gasteiger partial charge < -0.3 is 9.64 Å². The van der Waals surface area contributed by atoms with Gasteiger partial charge in [0.1, 0.15) is 12.6 Å². The van der Waals surface area contributed by atoms with Crippen molar-refractivity contribution in [2.45, 2.75) is 45.3 Å². The number of rotatable bonds is 6. The molecule has 1 aliphatic heterocycles. The zero-order valence-corrected chi connectivity index (χ0v) is 12.8. The quantitative estimate of drug-likeness (QED) is 0.596. The zero-order valence-electron chi connectivity index (χ0n) is 12.8. The van der Waals surface area contributed by atoms with Crippen LogP contribution < -0.4 is 0 Å². The first kappa shape index (κ1) is 16.2. The third-order valence-electron chi connectivity index (χ3n) is 3.73. The minimum Gasteiger partial charge on any atom is -0.459 e. The van der Waals surface area contributed by atoms with Gasteiger partial charge in [-0.2, -0.15) is 0 Å². The molecule has 5 nitrogen and oxygen atoms in total. The molecular formula is C17H21NO4. The third kappa shape index (κ3) is 3.93. The fraction of sp³-hybridized carbons (Fsp3) is 0.471. The van der Waals surface area contributed by atoms with Gasteiger partial charge >= 0.3 is 5.97 Å². The summed E-state index contributed by atoms with van der Waals surface area (Å²) in [6.07, 6.45) is 2.12. The van der Waals surface area contributed by atoms with Crippen LogP contribution in [-0.4, -0.2) is 35.1 Å². The second-order valence-electron chi connectivity index (χ2n) is 5.42. The Balaban J connectivity index is 1.93. The highest BCUT2D eigenvalue weighted by Crippen LogP contribution is 2.20. The minimum absolute atomic E-state index is 0.182. The average Bonchev–Trinajstić information content (AvgIpc) is 3.02. The summed E-state index contributed by atoms with van der Waals surface area (Å²) in [5.74, 6) is -1.41. The van der Waals surface area contributed by atoms with E-state index in [1.165, 1.54) is 4.90 Å². The van der Waals surface area contributed by atoms with Crippen molar-refractivity contribution >= 4 is 17.7 Å². The molecule has 118 valence electrons. The molecule has 0 N–H and O–H groups in total. The normalized spacial score (nSPS) is 17.3. The lowest BCUT2D eigenvalue weighted by atomic mass is 10.2. The Morgan fingerprint density at radius 2 is 1.95 bits per heavy atom. The Hall–Kier alpha value is -2.17. The fourth-order valence-electron chi connectivity index (χ4n) is 2.57. The van der Waals surface area contributed by atoms with Crippen LogP contribution in [0.5, 0.6) is 0 Å². The SMILES string of the molecule is CCCC(=O)C(=O)N1CCC[C@H]1C(=O)OCc1ccccc1. The van der Waals surface area contributed by atoms with Gasteiger partial charge in [0.25, 0.3) is 5.91 Å². The molecule has 1 atom stereocenters. The number of nitrogens with zero attached hydrogens (tertiary/aromatic N) is 1. The first-order valence-corrected chi connectivity index (χ1v) is 7.68. The van der Waals surface area contributed by atoms with Crippen LogP contribution >= 0.6 is 0 Å². The van der Waals surface area contributed by atoms with Crippen molar-refractivity contribution in [3.05, 3.63) is 35.9 Å². The second kappa shape index (κ2) is 7.73. The van der Waals surface area contributed by atoms with Crippen molar-refractivity contribution < 1.29 is 19.1 Å². The van der Waals surface area contributed by atoms with E-state index in [0.29, 0.717) is 19.4 Å². The molecule has 0 spiro atoms. The first-order valence-electron chi connectivity index (χ1n) is 7.68. The molecule has 1 fully saturated rings. The summed E-state index contributed by atoms with van der Waals surface area (Å²) in [5, 5.41) is 0. The maximum Gasteiger partial charge on any atom is 0.329 e.